The molecule has 0 aliphatic carbocycles. The Hall–Kier alpha value is -3.80. The van der Waals surface area contributed by atoms with E-state index >= 15 is 0 Å². The summed E-state index contributed by atoms with van der Waals surface area (Å²) < 4.78 is 5.12. The molecule has 6 heteroatoms. The fourth-order valence-corrected chi connectivity index (χ4v) is 2.72. The van der Waals surface area contributed by atoms with Crippen molar-refractivity contribution in [3.8, 4) is 5.75 Å². The van der Waals surface area contributed by atoms with E-state index in [1.165, 1.54) is 0 Å². The Morgan fingerprint density at radius 1 is 0.897 bits per heavy atom. The van der Waals surface area contributed by atoms with Crippen molar-refractivity contribution in [1.82, 2.24) is 5.32 Å². The first kappa shape index (κ1) is 19.9. The Morgan fingerprint density at radius 2 is 1.62 bits per heavy atom. The standard InChI is InChI=1S/C23H23N3O3/c1-16-8-11-19(25-22(27)18-6-4-3-5-7-18)14-21(16)26-23(28)24-15-17-9-12-20(29-2)13-10-17/h3-14H,15H2,1-2H3,(H,25,27)(H2,24,26,28). The third kappa shape index (κ3) is 5.59. The molecule has 3 rings (SSSR count). The van der Waals surface area contributed by atoms with E-state index in [0.717, 1.165) is 16.9 Å². The van der Waals surface area contributed by atoms with Crippen LogP contribution in [0.5, 0.6) is 5.75 Å². The number of carbonyl (C=O) groups excluding carboxylic acids is 2. The van der Waals surface area contributed by atoms with Gasteiger partial charge in [0.15, 0.2) is 0 Å². The molecule has 148 valence electrons. The molecule has 0 spiro atoms. The average molecular weight is 389 g/mol. The van der Waals surface area contributed by atoms with Crippen molar-refractivity contribution >= 4 is 23.3 Å². The molecule has 3 amide bonds. The van der Waals surface area contributed by atoms with E-state index in [-0.39, 0.29) is 11.9 Å². The summed E-state index contributed by atoms with van der Waals surface area (Å²) in [5, 5.41) is 8.50. The van der Waals surface area contributed by atoms with Gasteiger partial charge in [-0.25, -0.2) is 4.79 Å². The number of amides is 3. The molecular formula is C23H23N3O3. The second-order valence-corrected chi connectivity index (χ2v) is 6.51. The number of ether oxygens (including phenoxy) is 1. The number of hydrogen-bond donors (Lipinski definition) is 3. The first-order valence-corrected chi connectivity index (χ1v) is 9.20. The van der Waals surface area contributed by atoms with Gasteiger partial charge in [-0.05, 0) is 54.4 Å². The molecule has 0 unspecified atom stereocenters. The van der Waals surface area contributed by atoms with E-state index in [0.29, 0.717) is 23.5 Å². The number of hydrogen-bond acceptors (Lipinski definition) is 3. The van der Waals surface area contributed by atoms with E-state index < -0.39 is 0 Å². The van der Waals surface area contributed by atoms with Crippen LogP contribution in [-0.4, -0.2) is 19.0 Å². The van der Waals surface area contributed by atoms with Gasteiger partial charge >= 0.3 is 6.03 Å². The molecule has 3 aromatic rings. The molecule has 0 aromatic heterocycles. The molecule has 0 heterocycles. The van der Waals surface area contributed by atoms with Crippen LogP contribution in [0, 0.1) is 6.92 Å². The van der Waals surface area contributed by atoms with Gasteiger partial charge in [-0.1, -0.05) is 36.4 Å². The fraction of sp³-hybridized carbons (Fsp3) is 0.130. The average Bonchev–Trinajstić information content (AvgIpc) is 2.75. The lowest BCUT2D eigenvalue weighted by molar-refractivity contribution is 0.102. The van der Waals surface area contributed by atoms with Gasteiger partial charge in [0, 0.05) is 23.5 Å². The minimum atomic E-state index is -0.324. The third-order valence-electron chi connectivity index (χ3n) is 4.39. The second-order valence-electron chi connectivity index (χ2n) is 6.51. The number of rotatable bonds is 6. The maximum atomic E-state index is 12.3. The number of benzene rings is 3. The normalized spacial score (nSPS) is 10.1. The van der Waals surface area contributed by atoms with Crippen molar-refractivity contribution in [3.05, 3.63) is 89.5 Å². The first-order chi connectivity index (χ1) is 14.0. The topological polar surface area (TPSA) is 79.5 Å². The summed E-state index contributed by atoms with van der Waals surface area (Å²) in [6.07, 6.45) is 0. The van der Waals surface area contributed by atoms with Gasteiger partial charge in [0.05, 0.1) is 7.11 Å². The van der Waals surface area contributed by atoms with Crippen LogP contribution in [0.2, 0.25) is 0 Å². The number of nitrogens with one attached hydrogen (secondary N) is 3. The second kappa shape index (κ2) is 9.41. The number of carbonyl (C=O) groups is 2. The summed E-state index contributed by atoms with van der Waals surface area (Å²) in [7, 11) is 1.61. The maximum absolute atomic E-state index is 12.3. The SMILES string of the molecule is COc1ccc(CNC(=O)Nc2cc(NC(=O)c3ccccc3)ccc2C)cc1. The maximum Gasteiger partial charge on any atom is 0.319 e. The molecule has 29 heavy (non-hydrogen) atoms. The Morgan fingerprint density at radius 3 is 2.31 bits per heavy atom. The van der Waals surface area contributed by atoms with Gasteiger partial charge in [-0.2, -0.15) is 0 Å². The van der Waals surface area contributed by atoms with Crippen molar-refractivity contribution in [3.63, 3.8) is 0 Å². The van der Waals surface area contributed by atoms with Crippen LogP contribution in [0.25, 0.3) is 0 Å². The highest BCUT2D eigenvalue weighted by molar-refractivity contribution is 6.04. The minimum absolute atomic E-state index is 0.204. The molecular weight excluding hydrogens is 366 g/mol. The van der Waals surface area contributed by atoms with Gasteiger partial charge < -0.3 is 20.7 Å². The molecule has 3 N–H and O–H groups in total. The molecule has 3 aromatic carbocycles. The van der Waals surface area contributed by atoms with E-state index in [4.69, 9.17) is 4.74 Å². The Kier molecular flexibility index (Phi) is 6.47. The van der Waals surface area contributed by atoms with Crippen molar-refractivity contribution in [2.45, 2.75) is 13.5 Å². The number of methoxy groups -OCH3 is 1. The summed E-state index contributed by atoms with van der Waals surface area (Å²) in [6, 6.07) is 21.5. The predicted octanol–water partition coefficient (Wildman–Crippen LogP) is 4.58. The number of anilines is 2. The summed E-state index contributed by atoms with van der Waals surface area (Å²) in [5.74, 6) is 0.563. The predicted molar refractivity (Wildman–Crippen MR) is 114 cm³/mol. The van der Waals surface area contributed by atoms with Crippen LogP contribution in [-0.2, 0) is 6.54 Å². The molecule has 0 saturated heterocycles. The third-order valence-corrected chi connectivity index (χ3v) is 4.39. The van der Waals surface area contributed by atoms with E-state index in [9.17, 15) is 9.59 Å². The zero-order valence-electron chi connectivity index (χ0n) is 16.4. The summed E-state index contributed by atoms with van der Waals surface area (Å²) in [6.45, 7) is 2.28. The Balaban J connectivity index is 1.60. The van der Waals surface area contributed by atoms with Crippen LogP contribution in [0.4, 0.5) is 16.2 Å². The molecule has 0 saturated carbocycles. The lowest BCUT2D eigenvalue weighted by Gasteiger charge is -2.13. The van der Waals surface area contributed by atoms with Crippen molar-refractivity contribution < 1.29 is 14.3 Å². The van der Waals surface area contributed by atoms with Gasteiger partial charge in [0.2, 0.25) is 0 Å². The molecule has 6 nitrogen and oxygen atoms in total. The molecule has 0 atom stereocenters. The van der Waals surface area contributed by atoms with Crippen molar-refractivity contribution in [2.75, 3.05) is 17.7 Å². The van der Waals surface area contributed by atoms with E-state index in [2.05, 4.69) is 16.0 Å². The highest BCUT2D eigenvalue weighted by Crippen LogP contribution is 2.21. The molecule has 0 aliphatic heterocycles. The first-order valence-electron chi connectivity index (χ1n) is 9.20. The summed E-state index contributed by atoms with van der Waals surface area (Å²) in [5.41, 5.74) is 3.65. The summed E-state index contributed by atoms with van der Waals surface area (Å²) >= 11 is 0. The lowest BCUT2D eigenvalue weighted by atomic mass is 10.1. The minimum Gasteiger partial charge on any atom is -0.497 e. The lowest BCUT2D eigenvalue weighted by Crippen LogP contribution is -2.28. The summed E-state index contributed by atoms with van der Waals surface area (Å²) in [4.78, 5) is 24.6. The smallest absolute Gasteiger partial charge is 0.319 e. The fourth-order valence-electron chi connectivity index (χ4n) is 2.72. The number of aryl methyl sites for hydroxylation is 1. The molecule has 0 bridgehead atoms. The van der Waals surface area contributed by atoms with Gasteiger partial charge in [0.1, 0.15) is 5.75 Å². The van der Waals surface area contributed by atoms with Crippen molar-refractivity contribution in [2.24, 2.45) is 0 Å². The zero-order valence-corrected chi connectivity index (χ0v) is 16.4. The number of urea groups is 1. The van der Waals surface area contributed by atoms with Crippen LogP contribution < -0.4 is 20.7 Å². The molecule has 0 radical (unpaired) electrons. The quantitative estimate of drug-likeness (QED) is 0.577. The van der Waals surface area contributed by atoms with Gasteiger partial charge in [-0.15, -0.1) is 0 Å². The van der Waals surface area contributed by atoms with Gasteiger partial charge in [0.25, 0.3) is 5.91 Å². The molecule has 0 aliphatic rings. The van der Waals surface area contributed by atoms with Crippen LogP contribution >= 0.6 is 0 Å². The van der Waals surface area contributed by atoms with E-state index in [1.807, 2.05) is 55.5 Å². The Labute approximate surface area is 169 Å². The highest BCUT2D eigenvalue weighted by atomic mass is 16.5. The van der Waals surface area contributed by atoms with Crippen LogP contribution in [0.3, 0.4) is 0 Å². The van der Waals surface area contributed by atoms with Crippen LogP contribution in [0.15, 0.2) is 72.8 Å². The largest absolute Gasteiger partial charge is 0.497 e. The van der Waals surface area contributed by atoms with Crippen molar-refractivity contribution in [1.29, 1.82) is 0 Å². The monoisotopic (exact) mass is 389 g/mol. The van der Waals surface area contributed by atoms with E-state index in [1.54, 1.807) is 31.4 Å². The van der Waals surface area contributed by atoms with Crippen LogP contribution in [0.1, 0.15) is 21.5 Å². The highest BCUT2D eigenvalue weighted by Gasteiger charge is 2.09. The van der Waals surface area contributed by atoms with Gasteiger partial charge in [-0.3, -0.25) is 4.79 Å². The Bertz CT molecular complexity index is 986. The zero-order chi connectivity index (χ0) is 20.6. The molecule has 0 fully saturated rings.